The van der Waals surface area contributed by atoms with Crippen LogP contribution in [0.5, 0.6) is 0 Å². The quantitative estimate of drug-likeness (QED) is 0.724. The number of hydrogen-bond acceptors (Lipinski definition) is 3. The number of nitrogens with zero attached hydrogens (tertiary/aromatic N) is 1. The lowest BCUT2D eigenvalue weighted by molar-refractivity contribution is 0.382. The van der Waals surface area contributed by atoms with E-state index in [1.807, 2.05) is 30.3 Å². The third kappa shape index (κ3) is 2.84. The highest BCUT2D eigenvalue weighted by molar-refractivity contribution is 5.96. The molecule has 15 heavy (non-hydrogen) atoms. The van der Waals surface area contributed by atoms with E-state index in [1.165, 1.54) is 0 Å². The van der Waals surface area contributed by atoms with Crippen LogP contribution in [-0.2, 0) is 0 Å². The molecule has 2 rings (SSSR count). The lowest BCUT2D eigenvalue weighted by Crippen LogP contribution is -2.05. The van der Waals surface area contributed by atoms with Crippen molar-refractivity contribution in [3.8, 4) is 0 Å². The summed E-state index contributed by atoms with van der Waals surface area (Å²) < 4.78 is 0. The molecule has 1 aromatic carbocycles. The Balaban J connectivity index is 2.03. The molecular formula is C12H14N2O. The molecule has 0 bridgehead atoms. The van der Waals surface area contributed by atoms with Gasteiger partial charge in [-0.2, -0.15) is 5.10 Å². The van der Waals surface area contributed by atoms with Gasteiger partial charge in [-0.25, -0.2) is 0 Å². The van der Waals surface area contributed by atoms with E-state index in [2.05, 4.69) is 10.5 Å². The zero-order valence-corrected chi connectivity index (χ0v) is 8.48. The Morgan fingerprint density at radius 3 is 2.67 bits per heavy atom. The summed E-state index contributed by atoms with van der Waals surface area (Å²) in [6.07, 6.45) is 4.39. The van der Waals surface area contributed by atoms with Crippen LogP contribution >= 0.6 is 0 Å². The Labute approximate surface area is 89.1 Å². The van der Waals surface area contributed by atoms with Gasteiger partial charge in [0.1, 0.15) is 0 Å². The van der Waals surface area contributed by atoms with Gasteiger partial charge in [-0.3, -0.25) is 5.43 Å². The number of aliphatic hydroxyl groups is 1. The highest BCUT2D eigenvalue weighted by Gasteiger charge is 2.06. The molecule has 0 atom stereocenters. The summed E-state index contributed by atoms with van der Waals surface area (Å²) >= 11 is 0. The lowest BCUT2D eigenvalue weighted by Gasteiger charge is -2.09. The monoisotopic (exact) mass is 202 g/mol. The molecule has 0 spiro atoms. The van der Waals surface area contributed by atoms with Crippen LogP contribution in [0, 0.1) is 0 Å². The van der Waals surface area contributed by atoms with Crippen molar-refractivity contribution in [1.82, 2.24) is 0 Å². The molecule has 0 heterocycles. The second-order valence-corrected chi connectivity index (χ2v) is 3.57. The van der Waals surface area contributed by atoms with E-state index < -0.39 is 0 Å². The van der Waals surface area contributed by atoms with Crippen molar-refractivity contribution in [3.05, 3.63) is 42.2 Å². The maximum atomic E-state index is 9.33. The molecule has 3 nitrogen and oxygen atoms in total. The highest BCUT2D eigenvalue weighted by Crippen LogP contribution is 2.14. The predicted octanol–water partition coefficient (Wildman–Crippen LogP) is 3.08. The maximum absolute atomic E-state index is 9.33. The van der Waals surface area contributed by atoms with Crippen molar-refractivity contribution in [2.75, 3.05) is 5.43 Å². The van der Waals surface area contributed by atoms with E-state index in [1.54, 1.807) is 6.08 Å². The number of rotatable bonds is 2. The fourth-order valence-electron chi connectivity index (χ4n) is 1.52. The van der Waals surface area contributed by atoms with Crippen LogP contribution in [0.15, 0.2) is 47.3 Å². The molecule has 0 saturated carbocycles. The Morgan fingerprint density at radius 1 is 1.13 bits per heavy atom. The fourth-order valence-corrected chi connectivity index (χ4v) is 1.52. The Hall–Kier alpha value is -1.77. The zero-order valence-electron chi connectivity index (χ0n) is 8.48. The Bertz CT molecular complexity index is 382. The summed E-state index contributed by atoms with van der Waals surface area (Å²) in [5.74, 6) is 0.426. The van der Waals surface area contributed by atoms with Crippen LogP contribution in [0.2, 0.25) is 0 Å². The van der Waals surface area contributed by atoms with Crippen molar-refractivity contribution in [2.45, 2.75) is 19.3 Å². The van der Waals surface area contributed by atoms with Gasteiger partial charge in [-0.1, -0.05) is 18.2 Å². The Morgan fingerprint density at radius 2 is 1.93 bits per heavy atom. The zero-order chi connectivity index (χ0) is 10.5. The smallest absolute Gasteiger partial charge is 0.0941 e. The molecular weight excluding hydrogens is 188 g/mol. The molecule has 0 aliphatic heterocycles. The number of nitrogens with one attached hydrogen (secondary N) is 1. The summed E-state index contributed by atoms with van der Waals surface area (Å²) in [6.45, 7) is 0. The van der Waals surface area contributed by atoms with Crippen molar-refractivity contribution in [3.63, 3.8) is 0 Å². The molecule has 78 valence electrons. The van der Waals surface area contributed by atoms with Crippen molar-refractivity contribution in [1.29, 1.82) is 0 Å². The van der Waals surface area contributed by atoms with Crippen molar-refractivity contribution >= 4 is 11.4 Å². The minimum absolute atomic E-state index is 0.426. The SMILES string of the molecule is OC1=C/C(=N\Nc2ccccc2)CCC1. The molecule has 3 heteroatoms. The van der Waals surface area contributed by atoms with Gasteiger partial charge in [0.05, 0.1) is 17.2 Å². The Kier molecular flexibility index (Phi) is 3.02. The topological polar surface area (TPSA) is 44.6 Å². The molecule has 0 radical (unpaired) electrons. The number of hydrazone groups is 1. The van der Waals surface area contributed by atoms with Crippen LogP contribution in [0.3, 0.4) is 0 Å². The summed E-state index contributed by atoms with van der Waals surface area (Å²) in [5, 5.41) is 13.6. The molecule has 0 fully saturated rings. The average Bonchev–Trinajstić information content (AvgIpc) is 2.28. The predicted molar refractivity (Wildman–Crippen MR) is 62.1 cm³/mol. The van der Waals surface area contributed by atoms with E-state index >= 15 is 0 Å². The summed E-state index contributed by atoms with van der Waals surface area (Å²) in [6, 6.07) is 9.78. The molecule has 0 amide bonds. The van der Waals surface area contributed by atoms with Crippen LogP contribution in [0.25, 0.3) is 0 Å². The number of benzene rings is 1. The van der Waals surface area contributed by atoms with Crippen LogP contribution in [0.4, 0.5) is 5.69 Å². The third-order valence-electron chi connectivity index (χ3n) is 2.30. The van der Waals surface area contributed by atoms with E-state index in [0.717, 1.165) is 30.7 Å². The minimum atomic E-state index is 0.426. The first-order chi connectivity index (χ1) is 7.34. The fraction of sp³-hybridized carbons (Fsp3) is 0.250. The van der Waals surface area contributed by atoms with Gasteiger partial charge in [0.2, 0.25) is 0 Å². The van der Waals surface area contributed by atoms with E-state index in [9.17, 15) is 5.11 Å². The van der Waals surface area contributed by atoms with Gasteiger partial charge in [0.25, 0.3) is 0 Å². The number of hydrogen-bond donors (Lipinski definition) is 2. The number of allylic oxidation sites excluding steroid dienone is 2. The van der Waals surface area contributed by atoms with Gasteiger partial charge in [0, 0.05) is 6.42 Å². The van der Waals surface area contributed by atoms with E-state index in [0.29, 0.717) is 5.76 Å². The first kappa shape index (κ1) is 9.77. The van der Waals surface area contributed by atoms with Crippen molar-refractivity contribution in [2.24, 2.45) is 5.10 Å². The molecule has 1 aliphatic rings. The number of anilines is 1. The third-order valence-corrected chi connectivity index (χ3v) is 2.30. The summed E-state index contributed by atoms with van der Waals surface area (Å²) in [5.41, 5.74) is 4.83. The van der Waals surface area contributed by atoms with E-state index in [-0.39, 0.29) is 0 Å². The van der Waals surface area contributed by atoms with Gasteiger partial charge < -0.3 is 5.11 Å². The molecule has 2 N–H and O–H groups in total. The van der Waals surface area contributed by atoms with E-state index in [4.69, 9.17) is 0 Å². The molecule has 1 aliphatic carbocycles. The molecule has 0 aromatic heterocycles. The van der Waals surface area contributed by atoms with Crippen LogP contribution in [-0.4, -0.2) is 10.8 Å². The molecule has 0 unspecified atom stereocenters. The second kappa shape index (κ2) is 4.64. The maximum Gasteiger partial charge on any atom is 0.0941 e. The lowest BCUT2D eigenvalue weighted by atomic mass is 10.0. The first-order valence-corrected chi connectivity index (χ1v) is 5.12. The van der Waals surface area contributed by atoms with Gasteiger partial charge >= 0.3 is 0 Å². The van der Waals surface area contributed by atoms with Gasteiger partial charge in [-0.15, -0.1) is 0 Å². The normalized spacial score (nSPS) is 18.7. The standard InChI is InChI=1S/C12H14N2O/c15-12-8-4-7-11(9-12)14-13-10-5-2-1-3-6-10/h1-3,5-6,9,13,15H,4,7-8H2/b14-11-. The van der Waals surface area contributed by atoms with Crippen LogP contribution < -0.4 is 5.43 Å². The van der Waals surface area contributed by atoms with Crippen LogP contribution in [0.1, 0.15) is 19.3 Å². The molecule has 1 aromatic rings. The van der Waals surface area contributed by atoms with Gasteiger partial charge in [0.15, 0.2) is 0 Å². The summed E-state index contributed by atoms with van der Waals surface area (Å²) in [4.78, 5) is 0. The van der Waals surface area contributed by atoms with Gasteiger partial charge in [-0.05, 0) is 31.1 Å². The minimum Gasteiger partial charge on any atom is -0.512 e. The largest absolute Gasteiger partial charge is 0.512 e. The average molecular weight is 202 g/mol. The highest BCUT2D eigenvalue weighted by atomic mass is 16.3. The first-order valence-electron chi connectivity index (χ1n) is 5.12. The number of para-hydroxylation sites is 1. The summed E-state index contributed by atoms with van der Waals surface area (Å²) in [7, 11) is 0. The molecule has 0 saturated heterocycles. The second-order valence-electron chi connectivity index (χ2n) is 3.57. The van der Waals surface area contributed by atoms with Crippen molar-refractivity contribution < 1.29 is 5.11 Å². The number of aliphatic hydroxyl groups excluding tert-OH is 1.